The molecule has 3 aromatic rings. The molecule has 0 fully saturated rings. The Hall–Kier alpha value is -3.68. The first-order valence-corrected chi connectivity index (χ1v) is 9.83. The van der Waals surface area contributed by atoms with Crippen LogP contribution >= 0.6 is 0 Å². The number of aliphatic imine (C=N–C) groups is 1. The Morgan fingerprint density at radius 2 is 1.90 bits per heavy atom. The van der Waals surface area contributed by atoms with E-state index in [0.29, 0.717) is 29.4 Å². The Labute approximate surface area is 180 Å². The van der Waals surface area contributed by atoms with Crippen LogP contribution in [0.2, 0.25) is 0 Å². The summed E-state index contributed by atoms with van der Waals surface area (Å²) in [6, 6.07) is 14.6. The van der Waals surface area contributed by atoms with Crippen molar-refractivity contribution in [2.24, 2.45) is 10.4 Å². The number of benzene rings is 2. The lowest BCUT2D eigenvalue weighted by Gasteiger charge is -2.20. The van der Waals surface area contributed by atoms with Crippen LogP contribution in [0.3, 0.4) is 0 Å². The summed E-state index contributed by atoms with van der Waals surface area (Å²) in [6.45, 7) is 6.81. The number of amides is 1. The van der Waals surface area contributed by atoms with E-state index in [2.05, 4.69) is 46.6 Å². The number of H-pyrrole nitrogens is 1. The number of carbonyl (C=O) groups is 1. The van der Waals surface area contributed by atoms with Crippen molar-refractivity contribution >= 4 is 17.7 Å². The van der Waals surface area contributed by atoms with E-state index in [1.807, 2.05) is 0 Å². The predicted octanol–water partition coefficient (Wildman–Crippen LogP) is 4.47. The number of aromatic nitrogens is 2. The van der Waals surface area contributed by atoms with Gasteiger partial charge in [0.1, 0.15) is 17.4 Å². The molecule has 1 heterocycles. The van der Waals surface area contributed by atoms with E-state index in [0.717, 1.165) is 5.56 Å². The van der Waals surface area contributed by atoms with Crippen molar-refractivity contribution in [2.75, 3.05) is 19.0 Å². The van der Waals surface area contributed by atoms with Gasteiger partial charge in [-0.3, -0.25) is 9.89 Å². The molecular formula is C23H26FN5O2. The molecular weight excluding hydrogens is 397 g/mol. The second-order valence-electron chi connectivity index (χ2n) is 8.21. The van der Waals surface area contributed by atoms with Gasteiger partial charge in [0.2, 0.25) is 5.96 Å². The van der Waals surface area contributed by atoms with Gasteiger partial charge in [0, 0.05) is 23.7 Å². The van der Waals surface area contributed by atoms with E-state index in [-0.39, 0.29) is 17.2 Å². The number of carbonyl (C=O) groups excluding carboxylic acids is 1. The van der Waals surface area contributed by atoms with E-state index < -0.39 is 5.91 Å². The second kappa shape index (κ2) is 9.42. The summed E-state index contributed by atoms with van der Waals surface area (Å²) >= 11 is 0. The van der Waals surface area contributed by atoms with Gasteiger partial charge < -0.3 is 15.4 Å². The third kappa shape index (κ3) is 6.40. The number of rotatable bonds is 5. The normalized spacial score (nSPS) is 11.8. The number of hydrogen-bond donors (Lipinski definition) is 3. The first-order valence-electron chi connectivity index (χ1n) is 9.83. The van der Waals surface area contributed by atoms with Crippen LogP contribution < -0.4 is 15.4 Å². The molecule has 8 heteroatoms. The lowest BCUT2D eigenvalue weighted by Crippen LogP contribution is -2.37. The van der Waals surface area contributed by atoms with Crippen LogP contribution in [0.15, 0.2) is 59.6 Å². The molecule has 162 valence electrons. The molecule has 31 heavy (non-hydrogen) atoms. The first-order chi connectivity index (χ1) is 14.7. The zero-order valence-electron chi connectivity index (χ0n) is 18.0. The van der Waals surface area contributed by atoms with Gasteiger partial charge in [0.25, 0.3) is 5.91 Å². The Morgan fingerprint density at radius 3 is 2.58 bits per heavy atom. The van der Waals surface area contributed by atoms with Crippen molar-refractivity contribution in [3.8, 4) is 17.0 Å². The van der Waals surface area contributed by atoms with E-state index in [4.69, 9.17) is 4.74 Å². The quantitative estimate of drug-likeness (QED) is 0.416. The van der Waals surface area contributed by atoms with Crippen molar-refractivity contribution < 1.29 is 13.9 Å². The first kappa shape index (κ1) is 22.0. The lowest BCUT2D eigenvalue weighted by molar-refractivity contribution is 0.100. The highest BCUT2D eigenvalue weighted by Gasteiger charge is 2.14. The van der Waals surface area contributed by atoms with Crippen LogP contribution in [0.1, 0.15) is 31.1 Å². The van der Waals surface area contributed by atoms with Crippen LogP contribution in [-0.4, -0.2) is 35.7 Å². The molecule has 0 radical (unpaired) electrons. The number of aromatic amines is 1. The lowest BCUT2D eigenvalue weighted by atomic mass is 9.97. The number of nitrogens with zero attached hydrogens (tertiary/aromatic N) is 2. The molecule has 0 saturated carbocycles. The van der Waals surface area contributed by atoms with Gasteiger partial charge in [-0.1, -0.05) is 26.8 Å². The summed E-state index contributed by atoms with van der Waals surface area (Å²) in [7, 11) is 1.54. The SMILES string of the molecule is COc1cccc(C(=O)/N=C(/NCC(C)(C)C)Nc2cc(-c3ccc(F)cc3)n[nH]2)c1. The van der Waals surface area contributed by atoms with Crippen LogP contribution in [0.25, 0.3) is 11.3 Å². The fourth-order valence-corrected chi connectivity index (χ4v) is 2.66. The summed E-state index contributed by atoms with van der Waals surface area (Å²) < 4.78 is 18.3. The maximum atomic E-state index is 13.2. The van der Waals surface area contributed by atoms with Gasteiger partial charge in [0.15, 0.2) is 0 Å². The van der Waals surface area contributed by atoms with Gasteiger partial charge in [-0.2, -0.15) is 10.1 Å². The smallest absolute Gasteiger partial charge is 0.280 e. The summed E-state index contributed by atoms with van der Waals surface area (Å²) in [4.78, 5) is 16.9. The number of guanidine groups is 1. The summed E-state index contributed by atoms with van der Waals surface area (Å²) in [5.41, 5.74) is 1.78. The van der Waals surface area contributed by atoms with Crippen molar-refractivity contribution in [2.45, 2.75) is 20.8 Å². The van der Waals surface area contributed by atoms with E-state index in [1.165, 1.54) is 12.1 Å². The highest BCUT2D eigenvalue weighted by atomic mass is 19.1. The average Bonchev–Trinajstić information content (AvgIpc) is 3.20. The average molecular weight is 423 g/mol. The minimum Gasteiger partial charge on any atom is -0.497 e. The fourth-order valence-electron chi connectivity index (χ4n) is 2.66. The van der Waals surface area contributed by atoms with E-state index in [9.17, 15) is 9.18 Å². The van der Waals surface area contributed by atoms with Gasteiger partial charge in [-0.05, 0) is 47.9 Å². The molecule has 0 bridgehead atoms. The van der Waals surface area contributed by atoms with Crippen molar-refractivity contribution in [1.29, 1.82) is 0 Å². The zero-order chi connectivity index (χ0) is 22.4. The minimum atomic E-state index is -0.416. The van der Waals surface area contributed by atoms with Crippen LogP contribution in [0.5, 0.6) is 5.75 Å². The Morgan fingerprint density at radius 1 is 1.16 bits per heavy atom. The monoisotopic (exact) mass is 423 g/mol. The van der Waals surface area contributed by atoms with E-state index in [1.54, 1.807) is 49.6 Å². The number of halogens is 1. The minimum absolute atomic E-state index is 0.0330. The molecule has 1 amide bonds. The van der Waals surface area contributed by atoms with Crippen molar-refractivity contribution in [1.82, 2.24) is 15.5 Å². The van der Waals surface area contributed by atoms with Gasteiger partial charge >= 0.3 is 0 Å². The highest BCUT2D eigenvalue weighted by molar-refractivity contribution is 6.06. The summed E-state index contributed by atoms with van der Waals surface area (Å²) in [6.07, 6.45) is 0. The number of ether oxygens (including phenoxy) is 1. The number of anilines is 1. The molecule has 0 atom stereocenters. The molecule has 3 N–H and O–H groups in total. The molecule has 0 spiro atoms. The molecule has 0 saturated heterocycles. The molecule has 0 aliphatic carbocycles. The van der Waals surface area contributed by atoms with Gasteiger partial charge in [-0.15, -0.1) is 0 Å². The summed E-state index contributed by atoms with van der Waals surface area (Å²) in [5, 5.41) is 13.4. The fraction of sp³-hybridized carbons (Fsp3) is 0.261. The maximum Gasteiger partial charge on any atom is 0.280 e. The topological polar surface area (TPSA) is 91.4 Å². The Balaban J connectivity index is 1.82. The third-order valence-electron chi connectivity index (χ3n) is 4.29. The molecule has 2 aromatic carbocycles. The molecule has 1 aromatic heterocycles. The standard InChI is InChI=1S/C23H26FN5O2/c1-23(2,3)14-25-22(27-21(30)16-6-5-7-18(12-16)31-4)26-20-13-19(28-29-20)15-8-10-17(24)11-9-15/h5-13H,14H2,1-4H3,(H3,25,26,27,28,29,30). The maximum absolute atomic E-state index is 13.2. The van der Waals surface area contributed by atoms with E-state index >= 15 is 0 Å². The predicted molar refractivity (Wildman–Crippen MR) is 120 cm³/mol. The molecule has 0 aliphatic rings. The Bertz CT molecular complexity index is 1070. The number of nitrogens with one attached hydrogen (secondary N) is 3. The van der Waals surface area contributed by atoms with Gasteiger partial charge in [0.05, 0.1) is 12.8 Å². The largest absolute Gasteiger partial charge is 0.497 e. The van der Waals surface area contributed by atoms with Gasteiger partial charge in [-0.25, -0.2) is 4.39 Å². The Kier molecular flexibility index (Phi) is 6.69. The molecule has 7 nitrogen and oxygen atoms in total. The van der Waals surface area contributed by atoms with Crippen LogP contribution in [-0.2, 0) is 0 Å². The molecule has 0 aliphatic heterocycles. The third-order valence-corrected chi connectivity index (χ3v) is 4.29. The van der Waals surface area contributed by atoms with Crippen LogP contribution in [0.4, 0.5) is 10.2 Å². The van der Waals surface area contributed by atoms with Crippen molar-refractivity contribution in [3.05, 3.63) is 66.0 Å². The molecule has 3 rings (SSSR count). The summed E-state index contributed by atoms with van der Waals surface area (Å²) in [5.74, 6) is 0.682. The highest BCUT2D eigenvalue weighted by Crippen LogP contribution is 2.20. The van der Waals surface area contributed by atoms with Crippen LogP contribution in [0, 0.1) is 11.2 Å². The zero-order valence-corrected chi connectivity index (χ0v) is 18.0. The number of methoxy groups -OCH3 is 1. The number of hydrogen-bond acceptors (Lipinski definition) is 3. The molecule has 0 unspecified atom stereocenters. The van der Waals surface area contributed by atoms with Crippen molar-refractivity contribution in [3.63, 3.8) is 0 Å². The second-order valence-corrected chi connectivity index (χ2v) is 8.21.